The van der Waals surface area contributed by atoms with Crippen molar-refractivity contribution in [3.05, 3.63) is 0 Å². The molecule has 8 heteroatoms. The first-order chi connectivity index (χ1) is 7.38. The van der Waals surface area contributed by atoms with Crippen LogP contribution in [-0.2, 0) is 19.1 Å². The Labute approximate surface area is 91.4 Å². The van der Waals surface area contributed by atoms with Gasteiger partial charge in [-0.25, -0.2) is 4.79 Å². The van der Waals surface area contributed by atoms with Gasteiger partial charge in [-0.15, -0.1) is 0 Å². The largest absolute Gasteiger partial charge is 0.481 e. The van der Waals surface area contributed by atoms with Gasteiger partial charge in [0, 0.05) is 7.11 Å². The van der Waals surface area contributed by atoms with Crippen molar-refractivity contribution >= 4 is 17.8 Å². The average molecular weight is 234 g/mol. The number of carboxylic acid groups (broad SMARTS) is 2. The normalized spacial score (nSPS) is 13.9. The van der Waals surface area contributed by atoms with Crippen molar-refractivity contribution in [3.63, 3.8) is 0 Å². The highest BCUT2D eigenvalue weighted by molar-refractivity contribution is 5.89. The Kier molecular flexibility index (Phi) is 6.04. The van der Waals surface area contributed by atoms with Crippen LogP contribution in [0.2, 0.25) is 0 Å². The maximum absolute atomic E-state index is 11.2. The van der Waals surface area contributed by atoms with Gasteiger partial charge in [-0.1, -0.05) is 0 Å². The molecule has 2 atom stereocenters. The maximum atomic E-state index is 11.2. The lowest BCUT2D eigenvalue weighted by Crippen LogP contribution is -2.50. The Morgan fingerprint density at radius 3 is 2.31 bits per heavy atom. The van der Waals surface area contributed by atoms with Crippen LogP contribution in [0, 0.1) is 0 Å². The maximum Gasteiger partial charge on any atom is 0.328 e. The molecule has 8 nitrogen and oxygen atoms in total. The number of amides is 1. The van der Waals surface area contributed by atoms with Crippen LogP contribution < -0.4 is 11.1 Å². The molecule has 0 bridgehead atoms. The molecule has 16 heavy (non-hydrogen) atoms. The molecule has 0 fully saturated rings. The quantitative estimate of drug-likeness (QED) is 0.399. The molecule has 0 spiro atoms. The number of nitrogens with two attached hydrogens (primary N) is 1. The van der Waals surface area contributed by atoms with Gasteiger partial charge in [0.25, 0.3) is 0 Å². The first kappa shape index (κ1) is 14.3. The second kappa shape index (κ2) is 6.75. The number of ether oxygens (including phenoxy) is 1. The highest BCUT2D eigenvalue weighted by Crippen LogP contribution is 1.92. The molecule has 0 aliphatic carbocycles. The first-order valence-corrected chi connectivity index (χ1v) is 4.38. The Balaban J connectivity index is 4.28. The molecule has 0 aliphatic heterocycles. The van der Waals surface area contributed by atoms with E-state index in [0.717, 1.165) is 0 Å². The molecular formula is C8H14N2O6. The van der Waals surface area contributed by atoms with Gasteiger partial charge in [0.1, 0.15) is 0 Å². The van der Waals surface area contributed by atoms with Crippen molar-refractivity contribution in [2.75, 3.05) is 13.7 Å². The fraction of sp³-hybridized carbons (Fsp3) is 0.625. The van der Waals surface area contributed by atoms with Gasteiger partial charge in [0.2, 0.25) is 5.91 Å². The van der Waals surface area contributed by atoms with E-state index < -0.39 is 36.4 Å². The number of carboxylic acids is 2. The third kappa shape index (κ3) is 5.27. The van der Waals surface area contributed by atoms with Gasteiger partial charge >= 0.3 is 11.9 Å². The SMILES string of the molecule is COC[C@H](NC(=O)[C@@H](N)CC(=O)O)C(=O)O. The molecule has 0 rings (SSSR count). The van der Waals surface area contributed by atoms with Gasteiger partial charge in [-0.2, -0.15) is 0 Å². The number of hydrogen-bond donors (Lipinski definition) is 4. The number of nitrogens with one attached hydrogen (secondary N) is 1. The number of methoxy groups -OCH3 is 1. The van der Waals surface area contributed by atoms with E-state index in [1.165, 1.54) is 7.11 Å². The third-order valence-corrected chi connectivity index (χ3v) is 1.68. The molecule has 0 radical (unpaired) electrons. The van der Waals surface area contributed by atoms with Gasteiger partial charge < -0.3 is 26.0 Å². The summed E-state index contributed by atoms with van der Waals surface area (Å²) in [5, 5.41) is 19.1. The van der Waals surface area contributed by atoms with Crippen LogP contribution in [0.25, 0.3) is 0 Å². The zero-order chi connectivity index (χ0) is 12.7. The molecule has 0 saturated heterocycles. The van der Waals surface area contributed by atoms with Crippen LogP contribution in [-0.4, -0.2) is 53.9 Å². The summed E-state index contributed by atoms with van der Waals surface area (Å²) in [7, 11) is 1.28. The number of hydrogen-bond acceptors (Lipinski definition) is 5. The standard InChI is InChI=1S/C8H14N2O6/c1-16-3-5(8(14)15)10-7(13)4(9)2-6(11)12/h4-5H,2-3,9H2,1H3,(H,10,13)(H,11,12)(H,14,15)/t4-,5-/m0/s1. The predicted molar refractivity (Wildman–Crippen MR) is 51.7 cm³/mol. The Morgan fingerprint density at radius 1 is 1.38 bits per heavy atom. The number of carbonyl (C=O) groups excluding carboxylic acids is 1. The molecule has 0 aliphatic rings. The molecule has 5 N–H and O–H groups in total. The Hall–Kier alpha value is -1.67. The molecule has 0 saturated carbocycles. The number of carbonyl (C=O) groups is 3. The molecule has 0 aromatic carbocycles. The Bertz CT molecular complexity index is 280. The molecule has 0 heterocycles. The summed E-state index contributed by atoms with van der Waals surface area (Å²) in [6, 6.07) is -2.52. The van der Waals surface area contributed by atoms with E-state index in [2.05, 4.69) is 10.1 Å². The van der Waals surface area contributed by atoms with E-state index >= 15 is 0 Å². The van der Waals surface area contributed by atoms with Gasteiger partial charge in [0.15, 0.2) is 6.04 Å². The molecule has 0 unspecified atom stereocenters. The van der Waals surface area contributed by atoms with Crippen molar-refractivity contribution in [1.29, 1.82) is 0 Å². The van der Waals surface area contributed by atoms with Crippen LogP contribution in [0.5, 0.6) is 0 Å². The lowest BCUT2D eigenvalue weighted by Gasteiger charge is -2.16. The monoisotopic (exact) mass is 234 g/mol. The smallest absolute Gasteiger partial charge is 0.328 e. The number of aliphatic carboxylic acids is 2. The fourth-order valence-electron chi connectivity index (χ4n) is 0.901. The average Bonchev–Trinajstić information content (AvgIpc) is 2.15. The van der Waals surface area contributed by atoms with Crippen molar-refractivity contribution in [1.82, 2.24) is 5.32 Å². The Morgan fingerprint density at radius 2 is 1.94 bits per heavy atom. The van der Waals surface area contributed by atoms with Crippen LogP contribution in [0.4, 0.5) is 0 Å². The first-order valence-electron chi connectivity index (χ1n) is 4.38. The lowest BCUT2D eigenvalue weighted by atomic mass is 10.2. The third-order valence-electron chi connectivity index (χ3n) is 1.68. The summed E-state index contributed by atoms with van der Waals surface area (Å²) >= 11 is 0. The fourth-order valence-corrected chi connectivity index (χ4v) is 0.901. The van der Waals surface area contributed by atoms with E-state index in [-0.39, 0.29) is 6.61 Å². The molecule has 92 valence electrons. The van der Waals surface area contributed by atoms with E-state index in [4.69, 9.17) is 15.9 Å². The van der Waals surface area contributed by atoms with Gasteiger partial charge in [-0.05, 0) is 0 Å². The van der Waals surface area contributed by atoms with Crippen molar-refractivity contribution < 1.29 is 29.3 Å². The summed E-state index contributed by atoms with van der Waals surface area (Å²) in [6.45, 7) is -0.221. The summed E-state index contributed by atoms with van der Waals surface area (Å²) in [5.74, 6) is -3.36. The zero-order valence-corrected chi connectivity index (χ0v) is 8.67. The van der Waals surface area contributed by atoms with Crippen molar-refractivity contribution in [2.45, 2.75) is 18.5 Å². The van der Waals surface area contributed by atoms with E-state index in [1.807, 2.05) is 0 Å². The lowest BCUT2D eigenvalue weighted by molar-refractivity contribution is -0.144. The van der Waals surface area contributed by atoms with Gasteiger partial charge in [-0.3, -0.25) is 9.59 Å². The van der Waals surface area contributed by atoms with Gasteiger partial charge in [0.05, 0.1) is 19.1 Å². The predicted octanol–water partition coefficient (Wildman–Crippen LogP) is -2.00. The zero-order valence-electron chi connectivity index (χ0n) is 8.67. The summed E-state index contributed by atoms with van der Waals surface area (Å²) in [6.07, 6.45) is -0.564. The van der Waals surface area contributed by atoms with E-state index in [1.54, 1.807) is 0 Å². The summed E-state index contributed by atoms with van der Waals surface area (Å²) in [4.78, 5) is 32.1. The van der Waals surface area contributed by atoms with Crippen molar-refractivity contribution in [3.8, 4) is 0 Å². The number of rotatable bonds is 7. The highest BCUT2D eigenvalue weighted by Gasteiger charge is 2.24. The topological polar surface area (TPSA) is 139 Å². The van der Waals surface area contributed by atoms with Crippen LogP contribution in [0.3, 0.4) is 0 Å². The minimum atomic E-state index is -1.28. The van der Waals surface area contributed by atoms with Crippen LogP contribution in [0.1, 0.15) is 6.42 Å². The van der Waals surface area contributed by atoms with E-state index in [9.17, 15) is 14.4 Å². The van der Waals surface area contributed by atoms with Crippen LogP contribution in [0.15, 0.2) is 0 Å². The molecule has 0 aromatic heterocycles. The molecular weight excluding hydrogens is 220 g/mol. The summed E-state index contributed by atoms with van der Waals surface area (Å²) in [5.41, 5.74) is 5.24. The second-order valence-corrected chi connectivity index (χ2v) is 3.06. The summed E-state index contributed by atoms with van der Waals surface area (Å²) < 4.78 is 4.57. The molecule has 0 aromatic rings. The van der Waals surface area contributed by atoms with Crippen LogP contribution >= 0.6 is 0 Å². The van der Waals surface area contributed by atoms with E-state index in [0.29, 0.717) is 0 Å². The minimum Gasteiger partial charge on any atom is -0.481 e. The van der Waals surface area contributed by atoms with Crippen molar-refractivity contribution in [2.24, 2.45) is 5.73 Å². The second-order valence-electron chi connectivity index (χ2n) is 3.06. The highest BCUT2D eigenvalue weighted by atomic mass is 16.5. The molecule has 1 amide bonds. The minimum absolute atomic E-state index is 0.221.